The van der Waals surface area contributed by atoms with E-state index in [0.717, 1.165) is 43.3 Å². The number of rotatable bonds is 6. The average molecular weight is 493 g/mol. The highest BCUT2D eigenvalue weighted by Crippen LogP contribution is 2.31. The highest BCUT2D eigenvalue weighted by molar-refractivity contribution is 6.32. The fourth-order valence-electron chi connectivity index (χ4n) is 5.91. The maximum atomic E-state index is 9.08. The Morgan fingerprint density at radius 2 is 1.63 bits per heavy atom. The molecule has 0 atom stereocenters. The second-order valence-electron chi connectivity index (χ2n) is 10.4. The summed E-state index contributed by atoms with van der Waals surface area (Å²) in [4.78, 5) is 5.02. The Kier molecular flexibility index (Phi) is 8.13. The Morgan fingerprint density at radius 1 is 0.914 bits per heavy atom. The number of halogens is 1. The van der Waals surface area contributed by atoms with Gasteiger partial charge in [0.25, 0.3) is 0 Å². The van der Waals surface area contributed by atoms with E-state index >= 15 is 0 Å². The predicted molar refractivity (Wildman–Crippen MR) is 142 cm³/mol. The molecule has 186 valence electrons. The standard InChI is InChI=1S/C29H37ClN4O/c30-29-19-26(4-1-25(29)20-31)34-17-11-28(12-18-34)35-27-5-2-23(3-6-27)24-9-15-33(16-10-24)21-22-7-13-32-14-8-22/h1-6,19,22,24,28,32H,7-18,21H2. The van der Waals surface area contributed by atoms with Gasteiger partial charge in [-0.05, 0) is 99.6 Å². The van der Waals surface area contributed by atoms with E-state index in [1.807, 2.05) is 12.1 Å². The van der Waals surface area contributed by atoms with Gasteiger partial charge in [0.15, 0.2) is 0 Å². The Hall–Kier alpha value is -2.26. The molecule has 3 saturated heterocycles. The minimum absolute atomic E-state index is 0.240. The summed E-state index contributed by atoms with van der Waals surface area (Å²) in [5, 5.41) is 13.1. The highest BCUT2D eigenvalue weighted by Gasteiger charge is 2.24. The van der Waals surface area contributed by atoms with Crippen molar-refractivity contribution >= 4 is 17.3 Å². The summed E-state index contributed by atoms with van der Waals surface area (Å²) in [7, 11) is 0. The number of piperidine rings is 3. The molecule has 35 heavy (non-hydrogen) atoms. The summed E-state index contributed by atoms with van der Waals surface area (Å²) in [5.74, 6) is 2.55. The van der Waals surface area contributed by atoms with Gasteiger partial charge in [0.2, 0.25) is 0 Å². The number of ether oxygens (including phenoxy) is 1. The lowest BCUT2D eigenvalue weighted by Gasteiger charge is -2.35. The lowest BCUT2D eigenvalue weighted by molar-refractivity contribution is 0.166. The second kappa shape index (κ2) is 11.6. The van der Waals surface area contributed by atoms with Gasteiger partial charge in [-0.15, -0.1) is 0 Å². The second-order valence-corrected chi connectivity index (χ2v) is 10.8. The first-order chi connectivity index (χ1) is 17.2. The van der Waals surface area contributed by atoms with Crippen molar-refractivity contribution in [3.05, 3.63) is 58.6 Å². The van der Waals surface area contributed by atoms with Crippen molar-refractivity contribution < 1.29 is 4.74 Å². The number of nitrogens with one attached hydrogen (secondary N) is 1. The quantitative estimate of drug-likeness (QED) is 0.582. The van der Waals surface area contributed by atoms with Crippen molar-refractivity contribution in [2.45, 2.75) is 50.5 Å². The van der Waals surface area contributed by atoms with Gasteiger partial charge in [0.05, 0.1) is 10.6 Å². The Labute approximate surface area is 215 Å². The summed E-state index contributed by atoms with van der Waals surface area (Å²) in [6.45, 7) is 8.01. The SMILES string of the molecule is N#Cc1ccc(N2CCC(Oc3ccc(C4CCN(CC5CCNCC5)CC4)cc3)CC2)cc1Cl. The molecule has 2 aromatic carbocycles. The maximum absolute atomic E-state index is 9.08. The first kappa shape index (κ1) is 24.4. The van der Waals surface area contributed by atoms with Crippen molar-refractivity contribution in [2.75, 3.05) is 50.7 Å². The van der Waals surface area contributed by atoms with Crippen LogP contribution in [0, 0.1) is 17.2 Å². The molecule has 0 spiro atoms. The van der Waals surface area contributed by atoms with Crippen LogP contribution in [0.4, 0.5) is 5.69 Å². The van der Waals surface area contributed by atoms with Gasteiger partial charge in [-0.3, -0.25) is 0 Å². The fraction of sp³-hybridized carbons (Fsp3) is 0.552. The lowest BCUT2D eigenvalue weighted by Crippen LogP contribution is -2.39. The molecule has 6 heteroatoms. The molecule has 3 heterocycles. The molecule has 3 aliphatic heterocycles. The molecule has 0 saturated carbocycles. The van der Waals surface area contributed by atoms with Crippen LogP contribution in [-0.4, -0.2) is 56.8 Å². The Morgan fingerprint density at radius 3 is 2.29 bits per heavy atom. The van der Waals surface area contributed by atoms with Crippen LogP contribution in [0.3, 0.4) is 0 Å². The largest absolute Gasteiger partial charge is 0.490 e. The lowest BCUT2D eigenvalue weighted by atomic mass is 9.88. The number of likely N-dealkylation sites (tertiary alicyclic amines) is 1. The molecule has 2 aromatic rings. The Balaban J connectivity index is 1.06. The molecule has 0 aliphatic carbocycles. The molecule has 0 aromatic heterocycles. The van der Waals surface area contributed by atoms with E-state index in [2.05, 4.69) is 45.5 Å². The van der Waals surface area contributed by atoms with Crippen molar-refractivity contribution in [2.24, 2.45) is 5.92 Å². The van der Waals surface area contributed by atoms with E-state index in [1.165, 1.54) is 64.0 Å². The van der Waals surface area contributed by atoms with Crippen LogP contribution in [0.2, 0.25) is 5.02 Å². The van der Waals surface area contributed by atoms with E-state index in [4.69, 9.17) is 21.6 Å². The zero-order chi connectivity index (χ0) is 24.0. The first-order valence-corrected chi connectivity index (χ1v) is 13.7. The van der Waals surface area contributed by atoms with Crippen molar-refractivity contribution in [3.63, 3.8) is 0 Å². The molecule has 5 rings (SSSR count). The highest BCUT2D eigenvalue weighted by atomic mass is 35.5. The van der Waals surface area contributed by atoms with Crippen molar-refractivity contribution in [1.82, 2.24) is 10.2 Å². The molecule has 3 aliphatic rings. The number of hydrogen-bond acceptors (Lipinski definition) is 5. The van der Waals surface area contributed by atoms with Gasteiger partial charge in [-0.2, -0.15) is 5.26 Å². The minimum Gasteiger partial charge on any atom is -0.490 e. The third-order valence-corrected chi connectivity index (χ3v) is 8.41. The first-order valence-electron chi connectivity index (χ1n) is 13.3. The number of nitrogens with zero attached hydrogens (tertiary/aromatic N) is 3. The van der Waals surface area contributed by atoms with E-state index in [9.17, 15) is 0 Å². The van der Waals surface area contributed by atoms with Crippen LogP contribution in [0.15, 0.2) is 42.5 Å². The molecule has 5 nitrogen and oxygen atoms in total. The zero-order valence-electron chi connectivity index (χ0n) is 20.6. The smallest absolute Gasteiger partial charge is 0.119 e. The van der Waals surface area contributed by atoms with Crippen LogP contribution < -0.4 is 15.0 Å². The predicted octanol–water partition coefficient (Wildman–Crippen LogP) is 5.44. The molecule has 0 radical (unpaired) electrons. The van der Waals surface area contributed by atoms with E-state index in [0.29, 0.717) is 16.5 Å². The van der Waals surface area contributed by atoms with E-state index < -0.39 is 0 Å². The summed E-state index contributed by atoms with van der Waals surface area (Å²) in [6.07, 6.45) is 7.41. The molecular weight excluding hydrogens is 456 g/mol. The molecule has 3 fully saturated rings. The van der Waals surface area contributed by atoms with Crippen molar-refractivity contribution in [1.29, 1.82) is 5.26 Å². The van der Waals surface area contributed by atoms with Gasteiger partial charge in [0, 0.05) is 38.2 Å². The average Bonchev–Trinajstić information content (AvgIpc) is 2.91. The van der Waals surface area contributed by atoms with E-state index in [1.54, 1.807) is 6.07 Å². The number of nitriles is 1. The van der Waals surface area contributed by atoms with Gasteiger partial charge in [-0.25, -0.2) is 0 Å². The minimum atomic E-state index is 0.240. The Bertz CT molecular complexity index is 998. The monoisotopic (exact) mass is 492 g/mol. The van der Waals surface area contributed by atoms with E-state index in [-0.39, 0.29) is 6.10 Å². The molecule has 0 amide bonds. The zero-order valence-corrected chi connectivity index (χ0v) is 21.3. The summed E-state index contributed by atoms with van der Waals surface area (Å²) in [5.41, 5.74) is 3.07. The summed E-state index contributed by atoms with van der Waals surface area (Å²) in [6, 6.07) is 16.7. The van der Waals surface area contributed by atoms with Crippen LogP contribution >= 0.6 is 11.6 Å². The van der Waals surface area contributed by atoms with Crippen LogP contribution in [0.1, 0.15) is 55.6 Å². The molecule has 1 N–H and O–H groups in total. The number of hydrogen-bond donors (Lipinski definition) is 1. The summed E-state index contributed by atoms with van der Waals surface area (Å²) >= 11 is 6.22. The number of anilines is 1. The number of benzene rings is 2. The third-order valence-electron chi connectivity index (χ3n) is 8.10. The summed E-state index contributed by atoms with van der Waals surface area (Å²) < 4.78 is 6.33. The maximum Gasteiger partial charge on any atom is 0.119 e. The fourth-order valence-corrected chi connectivity index (χ4v) is 6.13. The van der Waals surface area contributed by atoms with Gasteiger partial charge in [-0.1, -0.05) is 23.7 Å². The van der Waals surface area contributed by atoms with Gasteiger partial charge >= 0.3 is 0 Å². The molecule has 0 unspecified atom stereocenters. The van der Waals surface area contributed by atoms with Gasteiger partial charge < -0.3 is 19.9 Å². The molecular formula is C29H37ClN4O. The topological polar surface area (TPSA) is 51.5 Å². The molecule has 0 bridgehead atoms. The van der Waals surface area contributed by atoms with Gasteiger partial charge in [0.1, 0.15) is 17.9 Å². The van der Waals surface area contributed by atoms with Crippen molar-refractivity contribution in [3.8, 4) is 11.8 Å². The normalized spacial score (nSPS) is 21.1. The van der Waals surface area contributed by atoms with Crippen LogP contribution in [0.25, 0.3) is 0 Å². The van der Waals surface area contributed by atoms with Crippen LogP contribution in [0.5, 0.6) is 5.75 Å². The third kappa shape index (κ3) is 6.30. The van der Waals surface area contributed by atoms with Crippen LogP contribution in [-0.2, 0) is 0 Å².